The highest BCUT2D eigenvalue weighted by Crippen LogP contribution is 2.19. The molecule has 0 bridgehead atoms. The molecular formula is C13H9F2N5O2S. The predicted molar refractivity (Wildman–Crippen MR) is 76.3 cm³/mol. The Morgan fingerprint density at radius 1 is 1.00 bits per heavy atom. The second kappa shape index (κ2) is 5.72. The molecule has 2 aromatic carbocycles. The molecular weight excluding hydrogens is 328 g/mol. The van der Waals surface area contributed by atoms with Crippen LogP contribution in [-0.2, 0) is 10.0 Å². The van der Waals surface area contributed by atoms with Crippen molar-refractivity contribution in [2.24, 2.45) is 0 Å². The second-order valence-electron chi connectivity index (χ2n) is 4.51. The van der Waals surface area contributed by atoms with Gasteiger partial charge in [-0.15, -0.1) is 5.10 Å². The zero-order valence-electron chi connectivity index (χ0n) is 11.4. The zero-order valence-corrected chi connectivity index (χ0v) is 12.2. The van der Waals surface area contributed by atoms with Crippen molar-refractivity contribution >= 4 is 15.7 Å². The first-order chi connectivity index (χ1) is 10.9. The van der Waals surface area contributed by atoms with Crippen molar-refractivity contribution in [3.63, 3.8) is 0 Å². The lowest BCUT2D eigenvalue weighted by Crippen LogP contribution is -2.13. The van der Waals surface area contributed by atoms with Crippen LogP contribution in [0.1, 0.15) is 0 Å². The van der Waals surface area contributed by atoms with Gasteiger partial charge in [0.1, 0.15) is 18.0 Å². The number of tetrazole rings is 1. The third-order valence-corrected chi connectivity index (χ3v) is 4.24. The summed E-state index contributed by atoms with van der Waals surface area (Å²) in [5, 5.41) is 10.7. The Labute approximate surface area is 129 Å². The summed E-state index contributed by atoms with van der Waals surface area (Å²) in [6.45, 7) is 0. The van der Waals surface area contributed by atoms with Crippen LogP contribution < -0.4 is 4.72 Å². The maximum Gasteiger partial charge on any atom is 0.262 e. The highest BCUT2D eigenvalue weighted by molar-refractivity contribution is 7.92. The molecule has 1 heterocycles. The largest absolute Gasteiger partial charge is 0.280 e. The summed E-state index contributed by atoms with van der Waals surface area (Å²) < 4.78 is 54.2. The normalized spacial score (nSPS) is 11.4. The molecule has 0 spiro atoms. The average Bonchev–Trinajstić information content (AvgIpc) is 3.01. The van der Waals surface area contributed by atoms with E-state index in [1.807, 2.05) is 0 Å². The maximum atomic E-state index is 13.2. The van der Waals surface area contributed by atoms with Crippen LogP contribution in [0.2, 0.25) is 0 Å². The molecule has 1 N–H and O–H groups in total. The van der Waals surface area contributed by atoms with Gasteiger partial charge in [-0.1, -0.05) is 0 Å². The maximum absolute atomic E-state index is 13.2. The molecule has 0 saturated carbocycles. The van der Waals surface area contributed by atoms with Crippen LogP contribution in [0, 0.1) is 11.6 Å². The number of hydrogen-bond acceptors (Lipinski definition) is 5. The minimum atomic E-state index is -4.10. The molecule has 10 heteroatoms. The van der Waals surface area contributed by atoms with Gasteiger partial charge in [0.05, 0.1) is 10.6 Å². The molecule has 0 aliphatic rings. The van der Waals surface area contributed by atoms with Gasteiger partial charge in [-0.3, -0.25) is 4.72 Å². The van der Waals surface area contributed by atoms with E-state index in [2.05, 4.69) is 20.2 Å². The molecule has 3 rings (SSSR count). The Balaban J connectivity index is 1.86. The predicted octanol–water partition coefficient (Wildman–Crippen LogP) is 1.74. The molecule has 0 unspecified atom stereocenters. The van der Waals surface area contributed by atoms with Crippen molar-refractivity contribution in [2.75, 3.05) is 4.72 Å². The Morgan fingerprint density at radius 3 is 2.22 bits per heavy atom. The van der Waals surface area contributed by atoms with Crippen LogP contribution in [0.5, 0.6) is 0 Å². The number of halogens is 2. The summed E-state index contributed by atoms with van der Waals surface area (Å²) in [6, 6.07) is 8.19. The number of sulfonamides is 1. The first-order valence-corrected chi connectivity index (χ1v) is 7.75. The molecule has 0 aliphatic heterocycles. The van der Waals surface area contributed by atoms with Crippen LogP contribution in [-0.4, -0.2) is 28.6 Å². The monoisotopic (exact) mass is 337 g/mol. The van der Waals surface area contributed by atoms with Crippen molar-refractivity contribution in [3.05, 3.63) is 60.4 Å². The van der Waals surface area contributed by atoms with Crippen LogP contribution >= 0.6 is 0 Å². The van der Waals surface area contributed by atoms with E-state index in [1.54, 1.807) is 12.1 Å². The van der Waals surface area contributed by atoms with Crippen LogP contribution in [0.4, 0.5) is 14.5 Å². The van der Waals surface area contributed by atoms with E-state index in [9.17, 15) is 17.2 Å². The molecule has 0 amide bonds. The van der Waals surface area contributed by atoms with E-state index in [0.29, 0.717) is 11.8 Å². The van der Waals surface area contributed by atoms with Gasteiger partial charge in [0.15, 0.2) is 0 Å². The Kier molecular flexibility index (Phi) is 3.74. The van der Waals surface area contributed by atoms with Gasteiger partial charge < -0.3 is 0 Å². The number of hydrogen-bond donors (Lipinski definition) is 1. The lowest BCUT2D eigenvalue weighted by Gasteiger charge is -2.09. The third-order valence-electron chi connectivity index (χ3n) is 2.88. The van der Waals surface area contributed by atoms with Crippen molar-refractivity contribution in [1.82, 2.24) is 20.2 Å². The van der Waals surface area contributed by atoms with Crippen LogP contribution in [0.15, 0.2) is 53.7 Å². The first-order valence-electron chi connectivity index (χ1n) is 6.26. The fourth-order valence-corrected chi connectivity index (χ4v) is 2.96. The zero-order chi connectivity index (χ0) is 16.4. The summed E-state index contributed by atoms with van der Waals surface area (Å²) in [6.07, 6.45) is 1.38. The number of aromatic nitrogens is 4. The molecule has 0 fully saturated rings. The van der Waals surface area contributed by atoms with Gasteiger partial charge in [-0.05, 0) is 46.8 Å². The minimum absolute atomic E-state index is 0.228. The fraction of sp³-hybridized carbons (Fsp3) is 0. The van der Waals surface area contributed by atoms with Crippen LogP contribution in [0.25, 0.3) is 5.69 Å². The summed E-state index contributed by atoms with van der Waals surface area (Å²) in [5.74, 6) is -1.95. The van der Waals surface area contributed by atoms with E-state index in [0.717, 1.165) is 12.1 Å². The smallest absolute Gasteiger partial charge is 0.262 e. The molecule has 3 aromatic rings. The molecule has 118 valence electrons. The summed E-state index contributed by atoms with van der Waals surface area (Å²) >= 11 is 0. The first kappa shape index (κ1) is 15.0. The van der Waals surface area contributed by atoms with Gasteiger partial charge in [0.25, 0.3) is 10.0 Å². The van der Waals surface area contributed by atoms with E-state index in [4.69, 9.17) is 0 Å². The number of benzene rings is 2. The van der Waals surface area contributed by atoms with Gasteiger partial charge in [-0.25, -0.2) is 21.9 Å². The third kappa shape index (κ3) is 3.31. The quantitative estimate of drug-likeness (QED) is 0.783. The number of anilines is 1. The van der Waals surface area contributed by atoms with Gasteiger partial charge in [0.2, 0.25) is 0 Å². The molecule has 1 aromatic heterocycles. The van der Waals surface area contributed by atoms with Crippen molar-refractivity contribution in [1.29, 1.82) is 0 Å². The lowest BCUT2D eigenvalue weighted by atomic mass is 10.3. The van der Waals surface area contributed by atoms with Gasteiger partial charge >= 0.3 is 0 Å². The Bertz CT molecular complexity index is 907. The molecule has 0 aliphatic carbocycles. The number of nitrogens with one attached hydrogen (secondary N) is 1. The number of rotatable bonds is 4. The summed E-state index contributed by atoms with van der Waals surface area (Å²) in [7, 11) is -4.10. The standard InChI is InChI=1S/C13H9F2N5O2S/c14-9-5-10(15)7-13(6-9)23(21,22)17-11-1-3-12(4-2-11)20-8-16-18-19-20/h1-8,17H. The van der Waals surface area contributed by atoms with Crippen LogP contribution in [0.3, 0.4) is 0 Å². The van der Waals surface area contributed by atoms with E-state index < -0.39 is 26.6 Å². The van der Waals surface area contributed by atoms with Gasteiger partial charge in [-0.2, -0.15) is 0 Å². The molecule has 7 nitrogen and oxygen atoms in total. The highest BCUT2D eigenvalue weighted by Gasteiger charge is 2.16. The second-order valence-corrected chi connectivity index (χ2v) is 6.19. The number of nitrogens with zero attached hydrogens (tertiary/aromatic N) is 4. The fourth-order valence-electron chi connectivity index (χ4n) is 1.86. The van der Waals surface area contributed by atoms with E-state index >= 15 is 0 Å². The molecule has 0 saturated heterocycles. The van der Waals surface area contributed by atoms with Crippen molar-refractivity contribution in [3.8, 4) is 5.69 Å². The van der Waals surface area contributed by atoms with Gasteiger partial charge in [0, 0.05) is 11.8 Å². The van der Waals surface area contributed by atoms with Crippen molar-refractivity contribution in [2.45, 2.75) is 4.90 Å². The SMILES string of the molecule is O=S(=O)(Nc1ccc(-n2cnnn2)cc1)c1cc(F)cc(F)c1. The lowest BCUT2D eigenvalue weighted by molar-refractivity contribution is 0.568. The van der Waals surface area contributed by atoms with E-state index in [-0.39, 0.29) is 5.69 Å². The Morgan fingerprint density at radius 2 is 1.65 bits per heavy atom. The molecule has 0 atom stereocenters. The Hall–Kier alpha value is -2.88. The summed E-state index contributed by atoms with van der Waals surface area (Å²) in [4.78, 5) is -0.500. The minimum Gasteiger partial charge on any atom is -0.280 e. The topological polar surface area (TPSA) is 89.8 Å². The summed E-state index contributed by atoms with van der Waals surface area (Å²) in [5.41, 5.74) is 0.848. The highest BCUT2D eigenvalue weighted by atomic mass is 32.2. The van der Waals surface area contributed by atoms with E-state index in [1.165, 1.54) is 23.1 Å². The van der Waals surface area contributed by atoms with Crippen molar-refractivity contribution < 1.29 is 17.2 Å². The average molecular weight is 337 g/mol. The molecule has 0 radical (unpaired) electrons. The molecule has 23 heavy (non-hydrogen) atoms.